The molecule has 2 aliphatic rings. The van der Waals surface area contributed by atoms with Crippen LogP contribution in [0.2, 0.25) is 0 Å². The van der Waals surface area contributed by atoms with Crippen molar-refractivity contribution in [3.05, 3.63) is 0 Å². The molecule has 1 atom stereocenters. The topological polar surface area (TPSA) is 60.9 Å². The SMILES string of the molecule is CCC1(C(=O)O)CCCN(C(=O)N2CCCCCC2)C1. The zero-order chi connectivity index (χ0) is 14.6. The molecule has 0 aromatic heterocycles. The van der Waals surface area contributed by atoms with Crippen LogP contribution >= 0.6 is 0 Å². The van der Waals surface area contributed by atoms with Crippen LogP contribution in [0.4, 0.5) is 4.79 Å². The van der Waals surface area contributed by atoms with Gasteiger partial charge < -0.3 is 14.9 Å². The number of likely N-dealkylation sites (tertiary alicyclic amines) is 2. The van der Waals surface area contributed by atoms with Crippen LogP contribution in [-0.2, 0) is 4.79 Å². The molecule has 0 radical (unpaired) electrons. The van der Waals surface area contributed by atoms with Crippen molar-refractivity contribution < 1.29 is 14.7 Å². The van der Waals surface area contributed by atoms with E-state index in [0.717, 1.165) is 32.4 Å². The van der Waals surface area contributed by atoms with Crippen LogP contribution < -0.4 is 0 Å². The molecule has 0 aromatic rings. The number of amides is 2. The summed E-state index contributed by atoms with van der Waals surface area (Å²) in [6, 6.07) is 0.0469. The van der Waals surface area contributed by atoms with Gasteiger partial charge in [0.1, 0.15) is 0 Å². The zero-order valence-electron chi connectivity index (χ0n) is 12.4. The van der Waals surface area contributed by atoms with Gasteiger partial charge in [-0.1, -0.05) is 19.8 Å². The molecule has 20 heavy (non-hydrogen) atoms. The first kappa shape index (κ1) is 15.1. The van der Waals surface area contributed by atoms with Crippen LogP contribution in [0.5, 0.6) is 0 Å². The van der Waals surface area contributed by atoms with E-state index >= 15 is 0 Å². The predicted octanol–water partition coefficient (Wildman–Crippen LogP) is 2.56. The summed E-state index contributed by atoms with van der Waals surface area (Å²) in [5, 5.41) is 9.49. The molecule has 5 heteroatoms. The maximum Gasteiger partial charge on any atom is 0.320 e. The Balaban J connectivity index is 2.04. The van der Waals surface area contributed by atoms with Crippen LogP contribution in [0.3, 0.4) is 0 Å². The first-order chi connectivity index (χ1) is 9.59. The van der Waals surface area contributed by atoms with Crippen molar-refractivity contribution in [1.29, 1.82) is 0 Å². The molecule has 2 rings (SSSR count). The number of carboxylic acid groups (broad SMARTS) is 1. The summed E-state index contributed by atoms with van der Waals surface area (Å²) in [5.41, 5.74) is -0.736. The Bertz CT molecular complexity index is 364. The highest BCUT2D eigenvalue weighted by Crippen LogP contribution is 2.34. The van der Waals surface area contributed by atoms with E-state index in [1.807, 2.05) is 11.8 Å². The second-order valence-corrected chi connectivity index (χ2v) is 6.15. The molecule has 2 fully saturated rings. The van der Waals surface area contributed by atoms with Gasteiger partial charge in [-0.05, 0) is 32.1 Å². The van der Waals surface area contributed by atoms with Gasteiger partial charge in [0.2, 0.25) is 0 Å². The third-order valence-corrected chi connectivity index (χ3v) is 4.85. The summed E-state index contributed by atoms with van der Waals surface area (Å²) in [6.07, 6.45) is 6.58. The van der Waals surface area contributed by atoms with Gasteiger partial charge in [0.25, 0.3) is 0 Å². The zero-order valence-corrected chi connectivity index (χ0v) is 12.4. The van der Waals surface area contributed by atoms with E-state index < -0.39 is 11.4 Å². The Morgan fingerprint density at radius 1 is 1.00 bits per heavy atom. The Morgan fingerprint density at radius 3 is 2.15 bits per heavy atom. The molecule has 0 aromatic carbocycles. The van der Waals surface area contributed by atoms with Gasteiger partial charge in [-0.15, -0.1) is 0 Å². The fraction of sp³-hybridized carbons (Fsp3) is 0.867. The van der Waals surface area contributed by atoms with Crippen molar-refractivity contribution >= 4 is 12.0 Å². The van der Waals surface area contributed by atoms with Crippen molar-refractivity contribution in [3.63, 3.8) is 0 Å². The van der Waals surface area contributed by atoms with Gasteiger partial charge in [0.05, 0.1) is 5.41 Å². The van der Waals surface area contributed by atoms with Crippen molar-refractivity contribution in [2.24, 2.45) is 5.41 Å². The van der Waals surface area contributed by atoms with E-state index in [2.05, 4.69) is 0 Å². The van der Waals surface area contributed by atoms with Gasteiger partial charge in [-0.25, -0.2) is 4.79 Å². The molecule has 2 heterocycles. The summed E-state index contributed by atoms with van der Waals surface area (Å²) < 4.78 is 0. The maximum atomic E-state index is 12.6. The van der Waals surface area contributed by atoms with E-state index in [1.54, 1.807) is 4.90 Å². The summed E-state index contributed by atoms with van der Waals surface area (Å²) in [4.78, 5) is 27.8. The number of piperidine rings is 1. The van der Waals surface area contributed by atoms with Crippen LogP contribution in [0.15, 0.2) is 0 Å². The number of nitrogens with zero attached hydrogens (tertiary/aromatic N) is 2. The summed E-state index contributed by atoms with van der Waals surface area (Å²) in [6.45, 7) is 4.62. The lowest BCUT2D eigenvalue weighted by molar-refractivity contribution is -0.152. The van der Waals surface area contributed by atoms with Crippen molar-refractivity contribution in [1.82, 2.24) is 9.80 Å². The lowest BCUT2D eigenvalue weighted by Crippen LogP contribution is -2.53. The highest BCUT2D eigenvalue weighted by Gasteiger charge is 2.42. The highest BCUT2D eigenvalue weighted by molar-refractivity contribution is 5.79. The number of carbonyl (C=O) groups excluding carboxylic acids is 1. The first-order valence-corrected chi connectivity index (χ1v) is 7.86. The maximum absolute atomic E-state index is 12.6. The second-order valence-electron chi connectivity index (χ2n) is 6.15. The molecule has 0 spiro atoms. The number of aliphatic carboxylic acids is 1. The quantitative estimate of drug-likeness (QED) is 0.846. The number of hydrogen-bond donors (Lipinski definition) is 1. The Labute approximate surface area is 120 Å². The van der Waals surface area contributed by atoms with Crippen molar-refractivity contribution in [2.75, 3.05) is 26.2 Å². The van der Waals surface area contributed by atoms with Crippen molar-refractivity contribution in [2.45, 2.75) is 51.9 Å². The standard InChI is InChI=1S/C15H26N2O3/c1-2-15(13(18)19)8-7-11-17(12-15)14(20)16-9-5-3-4-6-10-16/h2-12H2,1H3,(H,18,19). The van der Waals surface area contributed by atoms with E-state index in [-0.39, 0.29) is 6.03 Å². The molecule has 1 unspecified atom stereocenters. The molecule has 0 saturated carbocycles. The van der Waals surface area contributed by atoms with Crippen LogP contribution in [0.25, 0.3) is 0 Å². The fourth-order valence-corrected chi connectivity index (χ4v) is 3.37. The number of urea groups is 1. The van der Waals surface area contributed by atoms with Crippen LogP contribution in [0.1, 0.15) is 51.9 Å². The second kappa shape index (κ2) is 6.46. The number of carboxylic acids is 1. The van der Waals surface area contributed by atoms with Gasteiger partial charge >= 0.3 is 12.0 Å². The lowest BCUT2D eigenvalue weighted by atomic mass is 9.78. The van der Waals surface area contributed by atoms with E-state index in [0.29, 0.717) is 25.9 Å². The van der Waals surface area contributed by atoms with Gasteiger partial charge in [0.15, 0.2) is 0 Å². The van der Waals surface area contributed by atoms with Crippen LogP contribution in [-0.4, -0.2) is 53.1 Å². The van der Waals surface area contributed by atoms with E-state index in [9.17, 15) is 14.7 Å². The Hall–Kier alpha value is -1.26. The normalized spacial score (nSPS) is 28.1. The molecule has 0 aliphatic carbocycles. The molecule has 2 saturated heterocycles. The third-order valence-electron chi connectivity index (χ3n) is 4.85. The fourth-order valence-electron chi connectivity index (χ4n) is 3.37. The highest BCUT2D eigenvalue weighted by atomic mass is 16.4. The van der Waals surface area contributed by atoms with Gasteiger partial charge in [-0.2, -0.15) is 0 Å². The summed E-state index contributed by atoms with van der Waals surface area (Å²) in [7, 11) is 0. The molecule has 1 N–H and O–H groups in total. The number of hydrogen-bond acceptors (Lipinski definition) is 2. The van der Waals surface area contributed by atoms with Gasteiger partial charge in [0, 0.05) is 26.2 Å². The minimum atomic E-state index is -0.756. The van der Waals surface area contributed by atoms with Crippen molar-refractivity contribution in [3.8, 4) is 0 Å². The monoisotopic (exact) mass is 282 g/mol. The molecule has 5 nitrogen and oxygen atoms in total. The molecule has 2 amide bonds. The Kier molecular flexibility index (Phi) is 4.89. The molecule has 0 bridgehead atoms. The Morgan fingerprint density at radius 2 is 1.60 bits per heavy atom. The number of carbonyl (C=O) groups is 2. The first-order valence-electron chi connectivity index (χ1n) is 7.86. The minimum absolute atomic E-state index is 0.0469. The summed E-state index contributed by atoms with van der Waals surface area (Å²) >= 11 is 0. The number of rotatable bonds is 2. The molecule has 2 aliphatic heterocycles. The minimum Gasteiger partial charge on any atom is -0.481 e. The van der Waals surface area contributed by atoms with E-state index in [1.165, 1.54) is 12.8 Å². The third kappa shape index (κ3) is 3.07. The molecular weight excluding hydrogens is 256 g/mol. The average molecular weight is 282 g/mol. The van der Waals surface area contributed by atoms with Crippen LogP contribution in [0, 0.1) is 5.41 Å². The van der Waals surface area contributed by atoms with Gasteiger partial charge in [-0.3, -0.25) is 4.79 Å². The average Bonchev–Trinajstić information content (AvgIpc) is 2.75. The predicted molar refractivity (Wildman–Crippen MR) is 76.6 cm³/mol. The van der Waals surface area contributed by atoms with E-state index in [4.69, 9.17) is 0 Å². The molecular formula is C15H26N2O3. The lowest BCUT2D eigenvalue weighted by Gasteiger charge is -2.41. The smallest absolute Gasteiger partial charge is 0.320 e. The largest absolute Gasteiger partial charge is 0.481 e. The summed E-state index contributed by atoms with van der Waals surface area (Å²) in [5.74, 6) is -0.756. The molecule has 114 valence electrons.